The van der Waals surface area contributed by atoms with E-state index >= 15 is 0 Å². The van der Waals surface area contributed by atoms with E-state index < -0.39 is 6.10 Å². The summed E-state index contributed by atoms with van der Waals surface area (Å²) in [5.74, 6) is 1.29. The Bertz CT molecular complexity index is 568. The van der Waals surface area contributed by atoms with Gasteiger partial charge in [-0.2, -0.15) is 4.98 Å². The molecule has 1 aromatic rings. The van der Waals surface area contributed by atoms with E-state index in [2.05, 4.69) is 20.6 Å². The maximum atomic E-state index is 11.9. The van der Waals surface area contributed by atoms with E-state index in [1.54, 1.807) is 0 Å². The number of anilines is 3. The highest BCUT2D eigenvalue weighted by molar-refractivity contribution is 5.67. The lowest BCUT2D eigenvalue weighted by Gasteiger charge is -2.31. The van der Waals surface area contributed by atoms with E-state index in [0.29, 0.717) is 18.1 Å². The molecule has 0 amide bonds. The highest BCUT2D eigenvalue weighted by Crippen LogP contribution is 2.29. The minimum absolute atomic E-state index is 0.0920. The molecule has 6 N–H and O–H groups in total. The number of aliphatic hydroxyl groups is 1. The molecule has 7 heteroatoms. The smallest absolute Gasteiger partial charge is 0.277 e. The molecule has 7 nitrogen and oxygen atoms in total. The first-order chi connectivity index (χ1) is 10.6. The van der Waals surface area contributed by atoms with Crippen LogP contribution in [0, 0.1) is 5.92 Å². The third kappa shape index (κ3) is 3.35. The molecule has 1 fully saturated rings. The van der Waals surface area contributed by atoms with Crippen LogP contribution in [0.15, 0.2) is 4.79 Å². The summed E-state index contributed by atoms with van der Waals surface area (Å²) >= 11 is 0. The molecule has 0 saturated heterocycles. The van der Waals surface area contributed by atoms with Gasteiger partial charge in [0.05, 0.1) is 12.1 Å². The van der Waals surface area contributed by atoms with Crippen LogP contribution in [0.4, 0.5) is 17.5 Å². The maximum Gasteiger partial charge on any atom is 0.277 e. The van der Waals surface area contributed by atoms with Crippen LogP contribution in [0.3, 0.4) is 0 Å². The standard InChI is InChI=1S/C15H25N5O2/c16-15-19-13-12(14(22)20-15)18-10(8-17-13)11(21)7-6-9-4-2-1-3-5-9/h9-11,18,21H,1-8H2,(H4,16,17,19,20,22)/t10-,11-/m1/s1. The van der Waals surface area contributed by atoms with Gasteiger partial charge in [0.1, 0.15) is 5.69 Å². The lowest BCUT2D eigenvalue weighted by Crippen LogP contribution is -2.44. The summed E-state index contributed by atoms with van der Waals surface area (Å²) in [6.07, 6.45) is 7.91. The largest absolute Gasteiger partial charge is 0.391 e. The molecular weight excluding hydrogens is 282 g/mol. The second-order valence-electron chi connectivity index (χ2n) is 6.46. The van der Waals surface area contributed by atoms with Gasteiger partial charge in [0, 0.05) is 6.54 Å². The molecule has 122 valence electrons. The van der Waals surface area contributed by atoms with E-state index in [-0.39, 0.29) is 17.5 Å². The van der Waals surface area contributed by atoms with Crippen LogP contribution in [-0.4, -0.2) is 33.8 Å². The summed E-state index contributed by atoms with van der Waals surface area (Å²) in [5.41, 5.74) is 5.58. The SMILES string of the molecule is Nc1nc2c(c(=O)[nH]1)N[C@@H]([C@H](O)CCC1CCCCC1)CN2. The Labute approximate surface area is 129 Å². The highest BCUT2D eigenvalue weighted by Gasteiger charge is 2.27. The first-order valence-electron chi connectivity index (χ1n) is 8.22. The van der Waals surface area contributed by atoms with Crippen molar-refractivity contribution in [3.63, 3.8) is 0 Å². The maximum absolute atomic E-state index is 11.9. The van der Waals surface area contributed by atoms with Gasteiger partial charge in [-0.25, -0.2) is 0 Å². The molecule has 1 aliphatic heterocycles. The average Bonchev–Trinajstić information content (AvgIpc) is 2.53. The van der Waals surface area contributed by atoms with Crippen LogP contribution in [0.25, 0.3) is 0 Å². The fourth-order valence-electron chi connectivity index (χ4n) is 3.51. The topological polar surface area (TPSA) is 116 Å². The number of H-pyrrole nitrogens is 1. The summed E-state index contributed by atoms with van der Waals surface area (Å²) in [4.78, 5) is 18.4. The first kappa shape index (κ1) is 15.1. The fourth-order valence-corrected chi connectivity index (χ4v) is 3.51. The molecule has 0 spiro atoms. The number of nitrogen functional groups attached to an aromatic ring is 1. The number of aliphatic hydroxyl groups excluding tert-OH is 1. The summed E-state index contributed by atoms with van der Waals surface area (Å²) in [6.45, 7) is 0.536. The Morgan fingerprint density at radius 3 is 2.86 bits per heavy atom. The molecule has 0 aromatic carbocycles. The van der Waals surface area contributed by atoms with Crippen LogP contribution < -0.4 is 21.9 Å². The molecule has 0 bridgehead atoms. The fraction of sp³-hybridized carbons (Fsp3) is 0.733. The van der Waals surface area contributed by atoms with E-state index in [4.69, 9.17) is 5.73 Å². The lowest BCUT2D eigenvalue weighted by atomic mass is 9.85. The summed E-state index contributed by atoms with van der Waals surface area (Å²) < 4.78 is 0. The predicted molar refractivity (Wildman–Crippen MR) is 87.0 cm³/mol. The van der Waals surface area contributed by atoms with Crippen LogP contribution >= 0.6 is 0 Å². The van der Waals surface area contributed by atoms with Gasteiger partial charge in [-0.15, -0.1) is 0 Å². The Balaban J connectivity index is 1.58. The number of nitrogens with zero attached hydrogens (tertiary/aromatic N) is 1. The Morgan fingerprint density at radius 2 is 2.09 bits per heavy atom. The van der Waals surface area contributed by atoms with Gasteiger partial charge in [-0.1, -0.05) is 32.1 Å². The number of nitrogens with two attached hydrogens (primary N) is 1. The van der Waals surface area contributed by atoms with Crippen molar-refractivity contribution in [1.29, 1.82) is 0 Å². The average molecular weight is 307 g/mol. The van der Waals surface area contributed by atoms with Crippen LogP contribution in [0.1, 0.15) is 44.9 Å². The van der Waals surface area contributed by atoms with Gasteiger partial charge in [-0.05, 0) is 18.8 Å². The zero-order chi connectivity index (χ0) is 15.5. The van der Waals surface area contributed by atoms with E-state index in [1.807, 2.05) is 0 Å². The normalized spacial score (nSPS) is 23.2. The van der Waals surface area contributed by atoms with Crippen molar-refractivity contribution in [1.82, 2.24) is 9.97 Å². The Morgan fingerprint density at radius 1 is 1.32 bits per heavy atom. The zero-order valence-corrected chi connectivity index (χ0v) is 12.8. The quantitative estimate of drug-likeness (QED) is 0.572. The van der Waals surface area contributed by atoms with Gasteiger partial charge in [0.25, 0.3) is 5.56 Å². The second-order valence-corrected chi connectivity index (χ2v) is 6.46. The molecule has 3 rings (SSSR count). The second kappa shape index (κ2) is 6.56. The number of aromatic amines is 1. The zero-order valence-electron chi connectivity index (χ0n) is 12.8. The molecule has 2 heterocycles. The highest BCUT2D eigenvalue weighted by atomic mass is 16.3. The molecule has 1 aliphatic carbocycles. The first-order valence-corrected chi connectivity index (χ1v) is 8.22. The van der Waals surface area contributed by atoms with Crippen molar-refractivity contribution in [2.75, 3.05) is 22.9 Å². The minimum Gasteiger partial charge on any atom is -0.391 e. The van der Waals surface area contributed by atoms with Crippen molar-refractivity contribution >= 4 is 17.5 Å². The third-order valence-corrected chi connectivity index (χ3v) is 4.82. The summed E-state index contributed by atoms with van der Waals surface area (Å²) in [6, 6.07) is -0.178. The van der Waals surface area contributed by atoms with Crippen molar-refractivity contribution < 1.29 is 5.11 Å². The monoisotopic (exact) mass is 307 g/mol. The molecular formula is C15H25N5O2. The number of aromatic nitrogens is 2. The van der Waals surface area contributed by atoms with Gasteiger partial charge in [0.2, 0.25) is 5.95 Å². The minimum atomic E-state index is -0.473. The number of hydrogen-bond donors (Lipinski definition) is 5. The predicted octanol–water partition coefficient (Wildman–Crippen LogP) is 1.28. The molecule has 0 unspecified atom stereocenters. The number of hydrogen-bond acceptors (Lipinski definition) is 6. The Kier molecular flexibility index (Phi) is 4.52. The van der Waals surface area contributed by atoms with Gasteiger partial charge < -0.3 is 21.5 Å². The molecule has 1 aromatic heterocycles. The molecule has 22 heavy (non-hydrogen) atoms. The number of fused-ring (bicyclic) bond motifs is 1. The Hall–Kier alpha value is -1.76. The number of nitrogens with one attached hydrogen (secondary N) is 3. The van der Waals surface area contributed by atoms with Crippen molar-refractivity contribution in [2.45, 2.75) is 57.1 Å². The molecule has 1 saturated carbocycles. The van der Waals surface area contributed by atoms with E-state index in [0.717, 1.165) is 18.8 Å². The number of rotatable bonds is 4. The molecule has 0 radical (unpaired) electrons. The molecule has 2 aliphatic rings. The summed E-state index contributed by atoms with van der Waals surface area (Å²) in [7, 11) is 0. The van der Waals surface area contributed by atoms with Crippen LogP contribution in [0.2, 0.25) is 0 Å². The lowest BCUT2D eigenvalue weighted by molar-refractivity contribution is 0.132. The molecule has 2 atom stereocenters. The third-order valence-electron chi connectivity index (χ3n) is 4.82. The van der Waals surface area contributed by atoms with Crippen LogP contribution in [-0.2, 0) is 0 Å². The van der Waals surface area contributed by atoms with Crippen LogP contribution in [0.5, 0.6) is 0 Å². The van der Waals surface area contributed by atoms with E-state index in [1.165, 1.54) is 32.1 Å². The van der Waals surface area contributed by atoms with Gasteiger partial charge in [0.15, 0.2) is 5.82 Å². The van der Waals surface area contributed by atoms with Gasteiger partial charge in [-0.3, -0.25) is 9.78 Å². The summed E-state index contributed by atoms with van der Waals surface area (Å²) in [5, 5.41) is 16.6. The van der Waals surface area contributed by atoms with Crippen molar-refractivity contribution in [3.8, 4) is 0 Å². The van der Waals surface area contributed by atoms with Crippen molar-refractivity contribution in [2.24, 2.45) is 5.92 Å². The van der Waals surface area contributed by atoms with Gasteiger partial charge >= 0.3 is 0 Å². The van der Waals surface area contributed by atoms with E-state index in [9.17, 15) is 9.90 Å². The van der Waals surface area contributed by atoms with Crippen molar-refractivity contribution in [3.05, 3.63) is 10.4 Å².